The average molecular weight is 140 g/mol. The van der Waals surface area contributed by atoms with Crippen molar-refractivity contribution in [2.75, 3.05) is 7.11 Å². The largest absolute Gasteiger partial charge is 0.471 e. The molecule has 1 saturated carbocycles. The molecule has 10 heavy (non-hydrogen) atoms. The quantitative estimate of drug-likeness (QED) is 0.404. The van der Waals surface area contributed by atoms with Gasteiger partial charge in [-0.15, -0.1) is 12.3 Å². The van der Waals surface area contributed by atoms with E-state index < -0.39 is 0 Å². The van der Waals surface area contributed by atoms with Crippen LogP contribution in [0, 0.1) is 18.3 Å². The molecule has 1 aliphatic carbocycles. The molecule has 0 atom stereocenters. The molecule has 2 nitrogen and oxygen atoms in total. The summed E-state index contributed by atoms with van der Waals surface area (Å²) in [5, 5.41) is 0. The van der Waals surface area contributed by atoms with Crippen LogP contribution in [-0.2, 0) is 9.53 Å². The minimum atomic E-state index is 0.375. The Labute approximate surface area is 61.6 Å². The molecule has 56 valence electrons. The van der Waals surface area contributed by atoms with Crippen molar-refractivity contribution in [1.29, 1.82) is 0 Å². The molecular formula is C8H12O2. The number of carbonyl (C=O) groups is 1. The van der Waals surface area contributed by atoms with Crippen LogP contribution in [0.1, 0.15) is 19.3 Å². The van der Waals surface area contributed by atoms with E-state index >= 15 is 0 Å². The third-order valence-corrected chi connectivity index (χ3v) is 1.44. The highest BCUT2D eigenvalue weighted by molar-refractivity contribution is 5.36. The second-order valence-corrected chi connectivity index (χ2v) is 2.13. The van der Waals surface area contributed by atoms with Crippen LogP contribution in [0.5, 0.6) is 0 Å². The topological polar surface area (TPSA) is 26.3 Å². The van der Waals surface area contributed by atoms with E-state index in [9.17, 15) is 0 Å². The highest BCUT2D eigenvalue weighted by Crippen LogP contribution is 2.24. The van der Waals surface area contributed by atoms with Gasteiger partial charge in [0.15, 0.2) is 0 Å². The summed E-state index contributed by atoms with van der Waals surface area (Å²) in [6, 6.07) is 0. The monoisotopic (exact) mass is 140 g/mol. The molecule has 0 heterocycles. The van der Waals surface area contributed by atoms with Crippen LogP contribution >= 0.6 is 0 Å². The lowest BCUT2D eigenvalue weighted by Gasteiger charge is -2.17. The van der Waals surface area contributed by atoms with Crippen LogP contribution in [0.4, 0.5) is 0 Å². The van der Waals surface area contributed by atoms with Gasteiger partial charge in [-0.1, -0.05) is 6.42 Å². The van der Waals surface area contributed by atoms with Gasteiger partial charge in [-0.2, -0.15) is 0 Å². The molecule has 0 unspecified atom stereocenters. The van der Waals surface area contributed by atoms with Gasteiger partial charge in [-0.05, 0) is 12.8 Å². The van der Waals surface area contributed by atoms with Gasteiger partial charge in [0.1, 0.15) is 0 Å². The van der Waals surface area contributed by atoms with Gasteiger partial charge in [0, 0.05) is 5.92 Å². The minimum Gasteiger partial charge on any atom is -0.471 e. The maximum Gasteiger partial charge on any atom is 0.292 e. The fraction of sp³-hybridized carbons (Fsp3) is 0.625. The highest BCUT2D eigenvalue weighted by atomic mass is 16.5. The zero-order chi connectivity index (χ0) is 7.82. The Morgan fingerprint density at radius 3 is 2.20 bits per heavy atom. The summed E-state index contributed by atoms with van der Waals surface area (Å²) in [6.45, 7) is 0.375. The van der Waals surface area contributed by atoms with Crippen LogP contribution in [-0.4, -0.2) is 13.6 Å². The number of hydrogen-bond donors (Lipinski definition) is 0. The van der Waals surface area contributed by atoms with E-state index in [1.165, 1.54) is 26.4 Å². The van der Waals surface area contributed by atoms with Crippen molar-refractivity contribution < 1.29 is 9.53 Å². The Balaban J connectivity index is 0.000000180. The van der Waals surface area contributed by atoms with E-state index in [1.807, 2.05) is 0 Å². The Hall–Kier alpha value is -0.970. The number of hydrogen-bond acceptors (Lipinski definition) is 2. The molecule has 2 heteroatoms. The maximum absolute atomic E-state index is 8.95. The summed E-state index contributed by atoms with van der Waals surface area (Å²) >= 11 is 0. The van der Waals surface area contributed by atoms with Crippen molar-refractivity contribution in [3.8, 4) is 12.3 Å². The van der Waals surface area contributed by atoms with Crippen LogP contribution in [0.25, 0.3) is 0 Å². The SMILES string of the molecule is C#CC1CCC1.COC=O. The van der Waals surface area contributed by atoms with Crippen molar-refractivity contribution in [1.82, 2.24) is 0 Å². The fourth-order valence-electron chi connectivity index (χ4n) is 0.575. The molecular weight excluding hydrogens is 128 g/mol. The van der Waals surface area contributed by atoms with Gasteiger partial charge in [-0.25, -0.2) is 0 Å². The maximum atomic E-state index is 8.95. The second kappa shape index (κ2) is 6.15. The van der Waals surface area contributed by atoms with Crippen LogP contribution in [0.2, 0.25) is 0 Å². The van der Waals surface area contributed by atoms with Gasteiger partial charge in [0.05, 0.1) is 7.11 Å². The molecule has 0 amide bonds. The third-order valence-electron chi connectivity index (χ3n) is 1.44. The molecule has 0 aromatic rings. The molecule has 0 spiro atoms. The van der Waals surface area contributed by atoms with Crippen LogP contribution < -0.4 is 0 Å². The van der Waals surface area contributed by atoms with E-state index in [0.717, 1.165) is 0 Å². The van der Waals surface area contributed by atoms with E-state index in [-0.39, 0.29) is 0 Å². The van der Waals surface area contributed by atoms with E-state index in [1.54, 1.807) is 0 Å². The normalized spacial score (nSPS) is 15.2. The summed E-state index contributed by atoms with van der Waals surface area (Å²) in [7, 11) is 1.31. The summed E-state index contributed by atoms with van der Waals surface area (Å²) in [6.07, 6.45) is 8.99. The lowest BCUT2D eigenvalue weighted by Crippen LogP contribution is -2.06. The molecule has 0 aromatic carbocycles. The van der Waals surface area contributed by atoms with Gasteiger partial charge < -0.3 is 4.74 Å². The molecule has 1 fully saturated rings. The predicted molar refractivity (Wildman–Crippen MR) is 39.2 cm³/mol. The molecule has 0 saturated heterocycles. The summed E-state index contributed by atoms with van der Waals surface area (Å²) < 4.78 is 3.86. The van der Waals surface area contributed by atoms with Crippen LogP contribution in [0.15, 0.2) is 0 Å². The zero-order valence-electron chi connectivity index (χ0n) is 6.17. The van der Waals surface area contributed by atoms with Crippen molar-refractivity contribution in [3.05, 3.63) is 0 Å². The minimum absolute atomic E-state index is 0.375. The van der Waals surface area contributed by atoms with Crippen LogP contribution in [0.3, 0.4) is 0 Å². The predicted octanol–water partition coefficient (Wildman–Crippen LogP) is 1.21. The molecule has 1 aliphatic rings. The van der Waals surface area contributed by atoms with E-state index in [4.69, 9.17) is 11.2 Å². The Morgan fingerprint density at radius 1 is 1.70 bits per heavy atom. The van der Waals surface area contributed by atoms with Gasteiger partial charge in [0.2, 0.25) is 0 Å². The smallest absolute Gasteiger partial charge is 0.292 e. The standard InChI is InChI=1S/C6H8.C2H4O2/c1-2-6-4-3-5-6;1-4-2-3/h1,6H,3-5H2;2H,1H3. The van der Waals surface area contributed by atoms with Crippen molar-refractivity contribution in [2.45, 2.75) is 19.3 Å². The number of methoxy groups -OCH3 is 1. The van der Waals surface area contributed by atoms with Gasteiger partial charge >= 0.3 is 0 Å². The Kier molecular flexibility index (Phi) is 5.56. The van der Waals surface area contributed by atoms with E-state index in [0.29, 0.717) is 12.4 Å². The first-order valence-electron chi connectivity index (χ1n) is 3.27. The first kappa shape index (κ1) is 9.03. The van der Waals surface area contributed by atoms with Crippen molar-refractivity contribution in [2.24, 2.45) is 5.92 Å². The lowest BCUT2D eigenvalue weighted by atomic mass is 9.87. The van der Waals surface area contributed by atoms with Crippen molar-refractivity contribution >= 4 is 6.47 Å². The lowest BCUT2D eigenvalue weighted by molar-refractivity contribution is -0.126. The number of ether oxygens (including phenoxy) is 1. The summed E-state index contributed by atoms with van der Waals surface area (Å²) in [4.78, 5) is 8.95. The second-order valence-electron chi connectivity index (χ2n) is 2.13. The summed E-state index contributed by atoms with van der Waals surface area (Å²) in [5.41, 5.74) is 0. The van der Waals surface area contributed by atoms with Gasteiger partial charge in [-0.3, -0.25) is 4.79 Å². The van der Waals surface area contributed by atoms with Crippen molar-refractivity contribution in [3.63, 3.8) is 0 Å². The summed E-state index contributed by atoms with van der Waals surface area (Å²) in [5.74, 6) is 3.34. The molecule has 0 aliphatic heterocycles. The van der Waals surface area contributed by atoms with Gasteiger partial charge in [0.25, 0.3) is 6.47 Å². The zero-order valence-corrected chi connectivity index (χ0v) is 6.17. The first-order chi connectivity index (χ1) is 4.85. The highest BCUT2D eigenvalue weighted by Gasteiger charge is 2.12. The Morgan fingerprint density at radius 2 is 2.20 bits per heavy atom. The number of carbonyl (C=O) groups excluding carboxylic acids is 1. The molecule has 0 N–H and O–H groups in total. The Bertz CT molecular complexity index is 120. The molecule has 0 aromatic heterocycles. The first-order valence-corrected chi connectivity index (χ1v) is 3.27. The fourth-order valence-corrected chi connectivity index (χ4v) is 0.575. The molecule has 1 rings (SSSR count). The number of terminal acetylenes is 1. The number of rotatable bonds is 1. The average Bonchev–Trinajstić information content (AvgIpc) is 1.87. The molecule has 0 radical (unpaired) electrons. The molecule has 0 bridgehead atoms. The third kappa shape index (κ3) is 3.96. The van der Waals surface area contributed by atoms with E-state index in [2.05, 4.69) is 10.7 Å².